The number of fused-ring (bicyclic) bond motifs is 6. The molecule has 0 spiro atoms. The van der Waals surface area contributed by atoms with E-state index in [0.29, 0.717) is 0 Å². The summed E-state index contributed by atoms with van der Waals surface area (Å²) >= 11 is 0. The normalized spacial score (nSPS) is 15.2. The van der Waals surface area contributed by atoms with Crippen molar-refractivity contribution in [3.63, 3.8) is 0 Å². The first-order chi connectivity index (χ1) is 30.2. The van der Waals surface area contributed by atoms with Gasteiger partial charge in [0.2, 0.25) is 11.9 Å². The smallest absolute Gasteiger partial charge is 0.232 e. The van der Waals surface area contributed by atoms with Crippen molar-refractivity contribution >= 4 is 49.3 Å². The third-order valence-corrected chi connectivity index (χ3v) is 12.5. The van der Waals surface area contributed by atoms with Crippen molar-refractivity contribution in [2.24, 2.45) is 0 Å². The molecule has 3 heterocycles. The number of benzene rings is 9. The Morgan fingerprint density at radius 2 is 0.852 bits per heavy atom. The van der Waals surface area contributed by atoms with Gasteiger partial charge in [0, 0.05) is 44.0 Å². The van der Waals surface area contributed by atoms with Crippen LogP contribution in [0.2, 0.25) is 0 Å². The zero-order valence-corrected chi connectivity index (χ0v) is 33.4. The monoisotopic (exact) mass is 781 g/mol. The first-order valence-corrected chi connectivity index (χ1v) is 21.1. The van der Waals surface area contributed by atoms with Crippen molar-refractivity contribution in [3.8, 4) is 33.6 Å². The number of rotatable bonds is 7. The van der Waals surface area contributed by atoms with E-state index in [1.807, 2.05) is 0 Å². The zero-order valence-electron chi connectivity index (χ0n) is 33.4. The fraction of sp³-hybridized carbons (Fsp3) is 0.0351. The second kappa shape index (κ2) is 14.5. The zero-order chi connectivity index (χ0) is 40.3. The molecule has 0 saturated heterocycles. The summed E-state index contributed by atoms with van der Waals surface area (Å²) in [5, 5.41) is 8.91. The number of nitrogens with zero attached hydrogens (tertiary/aromatic N) is 2. The van der Waals surface area contributed by atoms with E-state index in [0.717, 1.165) is 11.4 Å². The predicted octanol–water partition coefficient (Wildman–Crippen LogP) is 12.1. The summed E-state index contributed by atoms with van der Waals surface area (Å²) < 4.78 is 4.91. The van der Waals surface area contributed by atoms with Gasteiger partial charge in [0.1, 0.15) is 6.04 Å². The van der Waals surface area contributed by atoms with Crippen LogP contribution in [0.3, 0.4) is 0 Å². The number of nitrogens with one attached hydrogen (secondary N) is 2. The topological polar surface area (TPSA) is 35.9 Å². The van der Waals surface area contributed by atoms with E-state index in [4.69, 9.17) is 0 Å². The molecule has 0 fully saturated rings. The number of para-hydroxylation sites is 1. The summed E-state index contributed by atoms with van der Waals surface area (Å²) in [5.74, 6) is 0. The summed E-state index contributed by atoms with van der Waals surface area (Å²) in [6, 6.07) is 81.5. The van der Waals surface area contributed by atoms with Crippen molar-refractivity contribution in [1.29, 1.82) is 0 Å². The number of hydrogen-bond donors (Lipinski definition) is 2. The lowest BCUT2D eigenvalue weighted by Gasteiger charge is -2.14. The number of hydrogen-bond acceptors (Lipinski definition) is 1. The molecule has 2 N–H and O–H groups in total. The lowest BCUT2D eigenvalue weighted by molar-refractivity contribution is -0.505. The quantitative estimate of drug-likeness (QED) is 0.166. The van der Waals surface area contributed by atoms with Gasteiger partial charge >= 0.3 is 0 Å². The molecule has 2 atom stereocenters. The van der Waals surface area contributed by atoms with E-state index in [-0.39, 0.29) is 12.2 Å². The van der Waals surface area contributed by atoms with Gasteiger partial charge in [-0.2, -0.15) is 0 Å². The summed E-state index contributed by atoms with van der Waals surface area (Å²) in [7, 11) is 0. The van der Waals surface area contributed by atoms with Crippen molar-refractivity contribution in [1.82, 2.24) is 14.5 Å². The van der Waals surface area contributed by atoms with Gasteiger partial charge in [-0.15, -0.1) is 0 Å². The van der Waals surface area contributed by atoms with Gasteiger partial charge in [0.15, 0.2) is 0 Å². The summed E-state index contributed by atoms with van der Waals surface area (Å²) in [4.78, 5) is 3.92. The molecule has 288 valence electrons. The highest BCUT2D eigenvalue weighted by molar-refractivity contribution is 6.19. The van der Waals surface area contributed by atoms with Crippen molar-refractivity contribution in [3.05, 3.63) is 241 Å². The SMILES string of the molecule is c1ccc(C2=[NH+]C(c3cccc(-n4c5cc(-c6ccccc6)ccc5c5cc6c7ccccc7n(-c7ccc(-c8ccccc8)cc7)c6cc54)c3)NC2c2ccccc2)cc1. The first kappa shape index (κ1) is 35.2. The van der Waals surface area contributed by atoms with Gasteiger partial charge in [-0.25, -0.2) is 10.3 Å². The predicted molar refractivity (Wildman–Crippen MR) is 253 cm³/mol. The van der Waals surface area contributed by atoms with Crippen LogP contribution >= 0.6 is 0 Å². The Morgan fingerprint density at radius 3 is 1.56 bits per heavy atom. The van der Waals surface area contributed by atoms with Gasteiger partial charge in [0.25, 0.3) is 0 Å². The van der Waals surface area contributed by atoms with Crippen LogP contribution in [-0.4, -0.2) is 14.8 Å². The molecule has 4 nitrogen and oxygen atoms in total. The summed E-state index contributed by atoms with van der Waals surface area (Å²) in [5.41, 5.74) is 16.6. The Hall–Kier alpha value is -7.79. The molecule has 1 aliphatic heterocycles. The van der Waals surface area contributed by atoms with E-state index in [2.05, 4.69) is 244 Å². The molecule has 11 aromatic rings. The molecule has 0 amide bonds. The van der Waals surface area contributed by atoms with Crippen LogP contribution < -0.4 is 10.3 Å². The Bertz CT molecular complexity index is 3420. The minimum atomic E-state index is -0.0959. The Labute approximate surface area is 354 Å². The Morgan fingerprint density at radius 1 is 0.328 bits per heavy atom. The molecule has 0 saturated carbocycles. The molecular formula is C57H41N4+. The van der Waals surface area contributed by atoms with Crippen LogP contribution in [0.1, 0.15) is 28.9 Å². The maximum atomic E-state index is 3.97. The molecule has 12 rings (SSSR count). The fourth-order valence-corrected chi connectivity index (χ4v) is 9.61. The van der Waals surface area contributed by atoms with Crippen LogP contribution in [0.15, 0.2) is 224 Å². The van der Waals surface area contributed by atoms with E-state index in [9.17, 15) is 0 Å². The van der Waals surface area contributed by atoms with Crippen molar-refractivity contribution < 1.29 is 4.99 Å². The standard InChI is InChI=1S/C57H40N4/c1-5-16-38(17-6-1)40-28-31-45(32-29-40)60-51-27-14-13-26-47(51)49-36-50-48-33-30-43(39-18-7-2-8-19-39)35-52(48)61(54(50)37-53(49)60)46-25-15-24-44(34-46)57-58-55(41-20-9-3-10-21-41)56(59-57)42-22-11-4-12-23-42/h1-37,55,57-58H/p+1. The molecular weight excluding hydrogens is 741 g/mol. The molecule has 0 aliphatic carbocycles. The lowest BCUT2D eigenvalue weighted by atomic mass is 9.97. The first-order valence-electron chi connectivity index (χ1n) is 21.1. The third kappa shape index (κ3) is 5.99. The highest BCUT2D eigenvalue weighted by Gasteiger charge is 2.37. The summed E-state index contributed by atoms with van der Waals surface area (Å²) in [6.45, 7) is 0. The van der Waals surface area contributed by atoms with Crippen LogP contribution in [0.5, 0.6) is 0 Å². The second-order valence-corrected chi connectivity index (χ2v) is 16.0. The minimum absolute atomic E-state index is 0.0240. The average molecular weight is 782 g/mol. The second-order valence-electron chi connectivity index (χ2n) is 16.0. The third-order valence-electron chi connectivity index (χ3n) is 12.5. The molecule has 9 aromatic carbocycles. The van der Waals surface area contributed by atoms with Crippen molar-refractivity contribution in [2.75, 3.05) is 0 Å². The van der Waals surface area contributed by atoms with Gasteiger partial charge in [-0.1, -0.05) is 164 Å². The molecule has 0 bridgehead atoms. The maximum Gasteiger partial charge on any atom is 0.232 e. The van der Waals surface area contributed by atoms with Crippen LogP contribution in [-0.2, 0) is 0 Å². The number of aromatic nitrogens is 2. The van der Waals surface area contributed by atoms with Crippen molar-refractivity contribution in [2.45, 2.75) is 12.2 Å². The molecule has 0 radical (unpaired) electrons. The maximum absolute atomic E-state index is 3.97. The van der Waals surface area contributed by atoms with Crippen LogP contribution in [0.25, 0.3) is 77.2 Å². The largest absolute Gasteiger partial charge is 0.309 e. The highest BCUT2D eigenvalue weighted by atomic mass is 15.2. The van der Waals surface area contributed by atoms with E-state index >= 15 is 0 Å². The molecule has 61 heavy (non-hydrogen) atoms. The fourth-order valence-electron chi connectivity index (χ4n) is 9.61. The molecule has 4 heteroatoms. The lowest BCUT2D eigenvalue weighted by Crippen LogP contribution is -2.72. The highest BCUT2D eigenvalue weighted by Crippen LogP contribution is 2.41. The van der Waals surface area contributed by atoms with Gasteiger partial charge in [-0.3, -0.25) is 0 Å². The molecule has 2 aromatic heterocycles. The van der Waals surface area contributed by atoms with Gasteiger partial charge in [0.05, 0.1) is 22.1 Å². The Balaban J connectivity index is 1.07. The van der Waals surface area contributed by atoms with Crippen LogP contribution in [0, 0.1) is 0 Å². The summed E-state index contributed by atoms with van der Waals surface area (Å²) in [6.07, 6.45) is -0.0959. The minimum Gasteiger partial charge on any atom is -0.309 e. The van der Waals surface area contributed by atoms with E-state index in [1.54, 1.807) is 0 Å². The van der Waals surface area contributed by atoms with Gasteiger partial charge in [-0.05, 0) is 88.5 Å². The molecule has 1 aliphatic rings. The Kier molecular flexibility index (Phi) is 8.36. The average Bonchev–Trinajstić information content (AvgIpc) is 4.02. The van der Waals surface area contributed by atoms with Crippen LogP contribution in [0.4, 0.5) is 0 Å². The van der Waals surface area contributed by atoms with E-state index < -0.39 is 0 Å². The van der Waals surface area contributed by atoms with E-state index in [1.165, 1.54) is 88.3 Å². The van der Waals surface area contributed by atoms with Gasteiger partial charge < -0.3 is 9.13 Å². The molecule has 2 unspecified atom stereocenters.